The van der Waals surface area contributed by atoms with Crippen molar-refractivity contribution in [3.8, 4) is 17.1 Å². The topological polar surface area (TPSA) is 74.2 Å². The fourth-order valence-corrected chi connectivity index (χ4v) is 2.93. The Balaban J connectivity index is 0.00000176. The molecule has 1 fully saturated rings. The molecule has 0 bridgehead atoms. The van der Waals surface area contributed by atoms with Gasteiger partial charge in [0.2, 0.25) is 11.7 Å². The quantitative estimate of drug-likeness (QED) is 0.935. The normalized spacial score (nSPS) is 21.2. The van der Waals surface area contributed by atoms with Crippen molar-refractivity contribution in [1.82, 2.24) is 10.1 Å². The lowest BCUT2D eigenvalue weighted by Gasteiger charge is -2.27. The van der Waals surface area contributed by atoms with Crippen LogP contribution in [0.4, 0.5) is 0 Å². The third-order valence-corrected chi connectivity index (χ3v) is 4.20. The number of halogens is 1. The Bertz CT molecular complexity index is 603. The summed E-state index contributed by atoms with van der Waals surface area (Å²) in [6, 6.07) is 7.92. The Morgan fingerprint density at radius 3 is 2.91 bits per heavy atom. The van der Waals surface area contributed by atoms with Gasteiger partial charge in [0.05, 0.1) is 7.11 Å². The lowest BCUT2D eigenvalue weighted by Crippen LogP contribution is -2.34. The van der Waals surface area contributed by atoms with Crippen LogP contribution in [0.3, 0.4) is 0 Å². The molecule has 1 aromatic carbocycles. The average molecular weight is 324 g/mol. The van der Waals surface area contributed by atoms with E-state index in [2.05, 4.69) is 10.1 Å². The monoisotopic (exact) mass is 323 g/mol. The standard InChI is InChI=1S/C16H21N3O2.ClH/c1-20-13-7-4-6-12(9-13)16-18-15(21-19-16)10-11-5-2-3-8-14(11)17;/h4,6-7,9,11,14H,2-3,5,8,10,17H2,1H3;1H. The van der Waals surface area contributed by atoms with Crippen LogP contribution >= 0.6 is 12.4 Å². The van der Waals surface area contributed by atoms with E-state index in [9.17, 15) is 0 Å². The third-order valence-electron chi connectivity index (χ3n) is 4.20. The first kappa shape index (κ1) is 16.8. The highest BCUT2D eigenvalue weighted by atomic mass is 35.5. The summed E-state index contributed by atoms with van der Waals surface area (Å²) in [6.07, 6.45) is 5.50. The van der Waals surface area contributed by atoms with E-state index < -0.39 is 0 Å². The number of aromatic nitrogens is 2. The van der Waals surface area contributed by atoms with Gasteiger partial charge in [-0.05, 0) is 30.9 Å². The number of benzene rings is 1. The Kier molecular flexibility index (Phi) is 5.80. The number of nitrogens with zero attached hydrogens (tertiary/aromatic N) is 2. The fourth-order valence-electron chi connectivity index (χ4n) is 2.93. The summed E-state index contributed by atoms with van der Waals surface area (Å²) in [5, 5.41) is 4.07. The molecule has 2 unspecified atom stereocenters. The number of hydrogen-bond acceptors (Lipinski definition) is 5. The Morgan fingerprint density at radius 1 is 1.32 bits per heavy atom. The predicted octanol–water partition coefficient (Wildman–Crippen LogP) is 3.23. The first-order chi connectivity index (χ1) is 10.3. The van der Waals surface area contributed by atoms with Gasteiger partial charge in [-0.15, -0.1) is 12.4 Å². The second kappa shape index (κ2) is 7.61. The molecule has 1 aliphatic rings. The van der Waals surface area contributed by atoms with E-state index in [4.69, 9.17) is 15.0 Å². The zero-order chi connectivity index (χ0) is 14.7. The van der Waals surface area contributed by atoms with E-state index in [1.807, 2.05) is 24.3 Å². The van der Waals surface area contributed by atoms with Crippen molar-refractivity contribution >= 4 is 12.4 Å². The van der Waals surface area contributed by atoms with Crippen LogP contribution in [-0.4, -0.2) is 23.3 Å². The number of hydrogen-bond donors (Lipinski definition) is 1. The second-order valence-electron chi connectivity index (χ2n) is 5.66. The first-order valence-electron chi connectivity index (χ1n) is 7.49. The van der Waals surface area contributed by atoms with Gasteiger partial charge in [-0.2, -0.15) is 4.98 Å². The summed E-state index contributed by atoms with van der Waals surface area (Å²) in [5.41, 5.74) is 7.08. The lowest BCUT2D eigenvalue weighted by atomic mass is 9.83. The van der Waals surface area contributed by atoms with Crippen molar-refractivity contribution in [2.45, 2.75) is 38.1 Å². The van der Waals surface area contributed by atoms with Crippen molar-refractivity contribution in [2.24, 2.45) is 11.7 Å². The van der Waals surface area contributed by atoms with Gasteiger partial charge in [0.25, 0.3) is 0 Å². The molecule has 2 aromatic rings. The molecule has 0 aliphatic heterocycles. The molecule has 1 aliphatic carbocycles. The van der Waals surface area contributed by atoms with E-state index in [0.717, 1.165) is 30.6 Å². The van der Waals surface area contributed by atoms with Gasteiger partial charge < -0.3 is 15.0 Å². The smallest absolute Gasteiger partial charge is 0.227 e. The SMILES string of the molecule is COc1cccc(-c2noc(CC3CCCCC3N)n2)c1.Cl. The van der Waals surface area contributed by atoms with E-state index in [0.29, 0.717) is 17.6 Å². The lowest BCUT2D eigenvalue weighted by molar-refractivity contribution is 0.273. The molecule has 5 nitrogen and oxygen atoms in total. The number of ether oxygens (including phenoxy) is 1. The van der Waals surface area contributed by atoms with Crippen molar-refractivity contribution in [3.05, 3.63) is 30.2 Å². The molecule has 1 heterocycles. The number of rotatable bonds is 4. The average Bonchev–Trinajstić information content (AvgIpc) is 2.98. The summed E-state index contributed by atoms with van der Waals surface area (Å²) >= 11 is 0. The summed E-state index contributed by atoms with van der Waals surface area (Å²) in [6.45, 7) is 0. The highest BCUT2D eigenvalue weighted by molar-refractivity contribution is 5.85. The molecule has 1 saturated carbocycles. The van der Waals surface area contributed by atoms with Crippen LogP contribution in [-0.2, 0) is 6.42 Å². The molecule has 3 rings (SSSR count). The van der Waals surface area contributed by atoms with E-state index in [1.54, 1.807) is 7.11 Å². The van der Waals surface area contributed by atoms with E-state index in [-0.39, 0.29) is 18.4 Å². The minimum Gasteiger partial charge on any atom is -0.497 e. The highest BCUT2D eigenvalue weighted by Gasteiger charge is 2.24. The molecule has 0 radical (unpaired) electrons. The van der Waals surface area contributed by atoms with Crippen LogP contribution in [0, 0.1) is 5.92 Å². The van der Waals surface area contributed by atoms with Crippen LogP contribution < -0.4 is 10.5 Å². The molecule has 2 N–H and O–H groups in total. The first-order valence-corrected chi connectivity index (χ1v) is 7.49. The zero-order valence-electron chi connectivity index (χ0n) is 12.7. The molecule has 22 heavy (non-hydrogen) atoms. The Labute approximate surface area is 136 Å². The van der Waals surface area contributed by atoms with Crippen LogP contribution in [0.2, 0.25) is 0 Å². The molecule has 120 valence electrons. The summed E-state index contributed by atoms with van der Waals surface area (Å²) in [7, 11) is 1.64. The maximum absolute atomic E-state index is 6.18. The second-order valence-corrected chi connectivity index (χ2v) is 5.66. The highest BCUT2D eigenvalue weighted by Crippen LogP contribution is 2.27. The van der Waals surface area contributed by atoms with Crippen LogP contribution in [0.25, 0.3) is 11.4 Å². The Morgan fingerprint density at radius 2 is 2.14 bits per heavy atom. The van der Waals surface area contributed by atoms with Gasteiger partial charge >= 0.3 is 0 Å². The third kappa shape index (κ3) is 3.78. The van der Waals surface area contributed by atoms with Gasteiger partial charge in [0.15, 0.2) is 0 Å². The molecular weight excluding hydrogens is 302 g/mol. The van der Waals surface area contributed by atoms with Gasteiger partial charge in [-0.25, -0.2) is 0 Å². The molecule has 6 heteroatoms. The van der Waals surface area contributed by atoms with Crippen LogP contribution in [0.1, 0.15) is 31.6 Å². The molecular formula is C16H22ClN3O2. The molecule has 0 spiro atoms. The van der Waals surface area contributed by atoms with E-state index >= 15 is 0 Å². The Hall–Kier alpha value is -1.59. The summed E-state index contributed by atoms with van der Waals surface area (Å²) in [4.78, 5) is 4.50. The number of methoxy groups -OCH3 is 1. The maximum atomic E-state index is 6.18. The summed E-state index contributed by atoms with van der Waals surface area (Å²) < 4.78 is 10.6. The minimum absolute atomic E-state index is 0. The molecule has 1 aromatic heterocycles. The van der Waals surface area contributed by atoms with Crippen molar-refractivity contribution in [2.75, 3.05) is 7.11 Å². The van der Waals surface area contributed by atoms with Crippen molar-refractivity contribution in [1.29, 1.82) is 0 Å². The van der Waals surface area contributed by atoms with Gasteiger partial charge in [0, 0.05) is 18.0 Å². The summed E-state index contributed by atoms with van der Waals surface area (Å²) in [5.74, 6) is 2.52. The van der Waals surface area contributed by atoms with Crippen LogP contribution in [0.5, 0.6) is 5.75 Å². The molecule has 0 amide bonds. The largest absolute Gasteiger partial charge is 0.497 e. The predicted molar refractivity (Wildman–Crippen MR) is 87.2 cm³/mol. The zero-order valence-corrected chi connectivity index (χ0v) is 13.5. The fraction of sp³-hybridized carbons (Fsp3) is 0.500. The van der Waals surface area contributed by atoms with Crippen molar-refractivity contribution < 1.29 is 9.26 Å². The molecule has 0 saturated heterocycles. The minimum atomic E-state index is 0. The number of nitrogens with two attached hydrogens (primary N) is 1. The maximum Gasteiger partial charge on any atom is 0.227 e. The van der Waals surface area contributed by atoms with Gasteiger partial charge in [-0.1, -0.05) is 30.1 Å². The van der Waals surface area contributed by atoms with Gasteiger partial charge in [0.1, 0.15) is 5.75 Å². The van der Waals surface area contributed by atoms with Gasteiger partial charge in [-0.3, -0.25) is 0 Å². The van der Waals surface area contributed by atoms with Crippen molar-refractivity contribution in [3.63, 3.8) is 0 Å². The molecule has 2 atom stereocenters. The van der Waals surface area contributed by atoms with Crippen LogP contribution in [0.15, 0.2) is 28.8 Å². The van der Waals surface area contributed by atoms with E-state index in [1.165, 1.54) is 12.8 Å².